The van der Waals surface area contributed by atoms with E-state index >= 15 is 0 Å². The predicted octanol–water partition coefficient (Wildman–Crippen LogP) is 4.58. The zero-order chi connectivity index (χ0) is 22.1. The highest BCUT2D eigenvalue weighted by Crippen LogP contribution is 2.36. The molecule has 2 aromatic rings. The molecule has 5 rings (SSSR count). The van der Waals surface area contributed by atoms with E-state index in [0.717, 1.165) is 22.5 Å². The van der Waals surface area contributed by atoms with Gasteiger partial charge in [0, 0.05) is 5.57 Å². The Bertz CT molecular complexity index is 1260. The molecule has 1 unspecified atom stereocenters. The van der Waals surface area contributed by atoms with Crippen molar-refractivity contribution in [2.45, 2.75) is 13.2 Å². The van der Waals surface area contributed by atoms with Crippen LogP contribution in [0.15, 0.2) is 106 Å². The number of hydrogen-bond acceptors (Lipinski definition) is 5. The predicted molar refractivity (Wildman–Crippen MR) is 117 cm³/mol. The molecule has 2 heterocycles. The number of allylic oxidation sites excluding steroid dienone is 4. The number of rotatable bonds is 7. The highest BCUT2D eigenvalue weighted by atomic mass is 19.3. The Balaban J connectivity index is 1.38. The number of benzene rings is 2. The summed E-state index contributed by atoms with van der Waals surface area (Å²) in [7, 11) is 0. The zero-order valence-electron chi connectivity index (χ0n) is 16.9. The highest BCUT2D eigenvalue weighted by molar-refractivity contribution is 6.01. The van der Waals surface area contributed by atoms with Crippen LogP contribution >= 0.6 is 0 Å². The summed E-state index contributed by atoms with van der Waals surface area (Å²) in [5, 5.41) is 0. The van der Waals surface area contributed by atoms with E-state index in [2.05, 4.69) is 9.73 Å². The molecule has 2 aliphatic heterocycles. The lowest BCUT2D eigenvalue weighted by molar-refractivity contribution is -0.750. The summed E-state index contributed by atoms with van der Waals surface area (Å²) in [6.45, 7) is -2.68. The van der Waals surface area contributed by atoms with Crippen LogP contribution in [-0.4, -0.2) is 23.3 Å². The fourth-order valence-corrected chi connectivity index (χ4v) is 3.64. The summed E-state index contributed by atoms with van der Waals surface area (Å²) < 4.78 is 35.2. The number of quaternary nitrogens is 1. The normalized spacial score (nSPS) is 20.8. The molecule has 160 valence electrons. The van der Waals surface area contributed by atoms with Crippen LogP contribution in [-0.2, 0) is 6.61 Å². The van der Waals surface area contributed by atoms with Crippen molar-refractivity contribution in [1.82, 2.24) is 0 Å². The first-order valence-corrected chi connectivity index (χ1v) is 9.91. The number of nitrogens with two attached hydrogens (primary N) is 1. The second kappa shape index (κ2) is 7.99. The second-order valence-corrected chi connectivity index (χ2v) is 7.35. The number of hydrogen-bond donors (Lipinski definition) is 1. The van der Waals surface area contributed by atoms with Crippen molar-refractivity contribution in [3.05, 3.63) is 107 Å². The third-order valence-electron chi connectivity index (χ3n) is 5.24. The van der Waals surface area contributed by atoms with Crippen molar-refractivity contribution in [3.63, 3.8) is 0 Å². The molecule has 3 aliphatic rings. The molecule has 2 N–H and O–H groups in total. The third kappa shape index (κ3) is 3.66. The molecule has 0 saturated heterocycles. The smallest absolute Gasteiger partial charge is 0.387 e. The molecule has 0 saturated carbocycles. The molecular weight excluding hydrogens is 414 g/mol. The molecule has 0 bridgehead atoms. The highest BCUT2D eigenvalue weighted by Gasteiger charge is 2.44. The summed E-state index contributed by atoms with van der Waals surface area (Å²) in [4.78, 5) is 9.06. The van der Waals surface area contributed by atoms with Gasteiger partial charge in [0.25, 0.3) is 5.84 Å². The van der Waals surface area contributed by atoms with Gasteiger partial charge in [-0.3, -0.25) is 4.99 Å². The Morgan fingerprint density at radius 1 is 1.06 bits per heavy atom. The van der Waals surface area contributed by atoms with Crippen LogP contribution in [0.4, 0.5) is 8.78 Å². The lowest BCUT2D eigenvalue weighted by Crippen LogP contribution is -2.53. The van der Waals surface area contributed by atoms with Crippen molar-refractivity contribution < 1.29 is 22.8 Å². The third-order valence-corrected chi connectivity index (χ3v) is 5.24. The van der Waals surface area contributed by atoms with Gasteiger partial charge in [0.1, 0.15) is 30.0 Å². The van der Waals surface area contributed by atoms with Crippen LogP contribution in [0.2, 0.25) is 0 Å². The van der Waals surface area contributed by atoms with Gasteiger partial charge in [-0.15, -0.1) is 4.59 Å². The molecule has 0 spiro atoms. The monoisotopic (exact) mass is 433 g/mol. The van der Waals surface area contributed by atoms with Gasteiger partial charge in [0.05, 0.1) is 18.0 Å². The van der Waals surface area contributed by atoms with Crippen LogP contribution in [0.25, 0.3) is 0 Å². The minimum atomic E-state index is -2.87. The largest absolute Gasteiger partial charge is 0.489 e. The first-order valence-electron chi connectivity index (χ1n) is 9.91. The van der Waals surface area contributed by atoms with E-state index < -0.39 is 6.61 Å². The van der Waals surface area contributed by atoms with E-state index in [-0.39, 0.29) is 16.9 Å². The zero-order valence-corrected chi connectivity index (χ0v) is 16.9. The maximum Gasteiger partial charge on any atom is 0.387 e. The Morgan fingerprint density at radius 2 is 1.88 bits per heavy atom. The standard InChI is InChI=1S/C24H19F2N4O2/c25-24(26)32-20-9-1-4-16(12-20)15-31-19-8-3-7-18(13-19)23-29-22(17-5-2-6-17)21-14-28-10-11-30(21,23)27/h1-14,24H,15,27H2/q+1. The molecule has 2 aromatic carbocycles. The molecule has 0 radical (unpaired) electrons. The van der Waals surface area contributed by atoms with Gasteiger partial charge in [-0.2, -0.15) is 19.6 Å². The van der Waals surface area contributed by atoms with Crippen molar-refractivity contribution in [1.29, 1.82) is 0 Å². The van der Waals surface area contributed by atoms with Gasteiger partial charge in [-0.1, -0.05) is 36.4 Å². The molecule has 8 heteroatoms. The van der Waals surface area contributed by atoms with Crippen molar-refractivity contribution >= 4 is 12.1 Å². The lowest BCUT2D eigenvalue weighted by atomic mass is 10.0. The van der Waals surface area contributed by atoms with Gasteiger partial charge in [0.15, 0.2) is 0 Å². The first-order chi connectivity index (χ1) is 15.5. The fraction of sp³-hybridized carbons (Fsp3) is 0.0833. The maximum absolute atomic E-state index is 12.4. The van der Waals surface area contributed by atoms with E-state index in [1.54, 1.807) is 30.7 Å². The number of amidine groups is 1. The Morgan fingerprint density at radius 3 is 2.66 bits per heavy atom. The van der Waals surface area contributed by atoms with Gasteiger partial charge < -0.3 is 9.47 Å². The number of aliphatic imine (C=N–C) groups is 2. The molecule has 1 aliphatic carbocycles. The maximum atomic E-state index is 12.4. The average Bonchev–Trinajstić information content (AvgIpc) is 3.04. The van der Waals surface area contributed by atoms with Crippen LogP contribution in [0.1, 0.15) is 11.1 Å². The van der Waals surface area contributed by atoms with Gasteiger partial charge in [-0.05, 0) is 35.9 Å². The fourth-order valence-electron chi connectivity index (χ4n) is 3.64. The number of halogens is 2. The van der Waals surface area contributed by atoms with Crippen molar-refractivity contribution in [3.8, 4) is 11.5 Å². The summed E-state index contributed by atoms with van der Waals surface area (Å²) >= 11 is 0. The molecule has 6 nitrogen and oxygen atoms in total. The molecule has 1 atom stereocenters. The minimum absolute atomic E-state index is 0.0829. The van der Waals surface area contributed by atoms with E-state index in [4.69, 9.17) is 15.6 Å². The SMILES string of the molecule is N[N+]12C=CN=CC1=C(C1=CC=C1)N=C2c1cccc(OCc2cccc(OC(F)F)c2)c1. The minimum Gasteiger partial charge on any atom is -0.489 e. The van der Waals surface area contributed by atoms with Crippen LogP contribution in [0.5, 0.6) is 11.5 Å². The number of nitrogens with zero attached hydrogens (tertiary/aromatic N) is 3. The average molecular weight is 433 g/mol. The van der Waals surface area contributed by atoms with E-state index in [9.17, 15) is 8.78 Å². The van der Waals surface area contributed by atoms with Crippen molar-refractivity contribution in [2.24, 2.45) is 15.8 Å². The van der Waals surface area contributed by atoms with E-state index in [1.165, 1.54) is 12.1 Å². The van der Waals surface area contributed by atoms with Gasteiger partial charge in [-0.25, -0.2) is 0 Å². The Labute approximate surface area is 183 Å². The Kier molecular flexibility index (Phi) is 5.01. The summed E-state index contributed by atoms with van der Waals surface area (Å²) in [6, 6.07) is 13.9. The topological polar surface area (TPSA) is 69.2 Å². The number of fused-ring (bicyclic) bond motifs is 1. The molecule has 0 aromatic heterocycles. The quantitative estimate of drug-likeness (QED) is 0.513. The molecule has 0 fully saturated rings. The summed E-state index contributed by atoms with van der Waals surface area (Å²) in [5.74, 6) is 8.06. The molecular formula is C24H19F2N4O2+. The summed E-state index contributed by atoms with van der Waals surface area (Å²) in [6.07, 6.45) is 11.1. The number of alkyl halides is 2. The second-order valence-electron chi connectivity index (χ2n) is 7.35. The summed E-state index contributed by atoms with van der Waals surface area (Å²) in [5.41, 5.74) is 4.10. The molecule has 0 amide bonds. The van der Waals surface area contributed by atoms with Gasteiger partial charge >= 0.3 is 6.61 Å². The van der Waals surface area contributed by atoms with Crippen LogP contribution in [0.3, 0.4) is 0 Å². The van der Waals surface area contributed by atoms with E-state index in [0.29, 0.717) is 17.1 Å². The lowest BCUT2D eigenvalue weighted by Gasteiger charge is -2.26. The van der Waals surface area contributed by atoms with E-state index in [1.807, 2.05) is 42.5 Å². The number of ether oxygens (including phenoxy) is 2. The van der Waals surface area contributed by atoms with Crippen LogP contribution < -0.4 is 15.3 Å². The van der Waals surface area contributed by atoms with Crippen molar-refractivity contribution in [2.75, 3.05) is 0 Å². The molecule has 32 heavy (non-hydrogen) atoms. The van der Waals surface area contributed by atoms with Gasteiger partial charge in [0.2, 0.25) is 5.70 Å². The Hall–Kier alpha value is -3.88. The first kappa shape index (κ1) is 20.0. The van der Waals surface area contributed by atoms with Crippen LogP contribution in [0, 0.1) is 0 Å².